The molecule has 8 nitrogen and oxygen atoms in total. The molecule has 2 heterocycles. The first-order chi connectivity index (χ1) is 18.4. The van der Waals surface area contributed by atoms with Gasteiger partial charge in [-0.1, -0.05) is 37.1 Å². The van der Waals surface area contributed by atoms with Crippen LogP contribution in [-0.4, -0.2) is 33.4 Å². The van der Waals surface area contributed by atoms with Crippen LogP contribution in [0.25, 0.3) is 11.4 Å². The molecule has 1 saturated carbocycles. The predicted molar refractivity (Wildman–Crippen MR) is 145 cm³/mol. The van der Waals surface area contributed by atoms with E-state index in [0.29, 0.717) is 35.3 Å². The third-order valence-electron chi connectivity index (χ3n) is 6.98. The summed E-state index contributed by atoms with van der Waals surface area (Å²) >= 11 is 0. The van der Waals surface area contributed by atoms with Gasteiger partial charge in [-0.25, -0.2) is 0 Å². The molecule has 0 amide bonds. The standard InChI is InChI=1S/C30H31N3O5/c1-19-7-16-27(34)32(18-19)22-13-10-21(11-14-22)17-23-29(35)31-26(15-12-20-8-9-20)33(30(23)36)28-24(37-2)5-4-6-25(28)38-3/h4-7,10-11,13-14,16,18,20,35H,8-9,12,15,17H2,1-3H3. The van der Waals surface area contributed by atoms with Crippen LogP contribution < -0.4 is 20.6 Å². The quantitative estimate of drug-likeness (QED) is 0.358. The zero-order valence-corrected chi connectivity index (χ0v) is 21.8. The van der Waals surface area contributed by atoms with E-state index in [1.807, 2.05) is 31.2 Å². The van der Waals surface area contributed by atoms with Crippen LogP contribution in [0.1, 0.15) is 41.8 Å². The van der Waals surface area contributed by atoms with Crippen molar-refractivity contribution in [1.82, 2.24) is 14.1 Å². The van der Waals surface area contributed by atoms with Crippen molar-refractivity contribution >= 4 is 0 Å². The highest BCUT2D eigenvalue weighted by Gasteiger charge is 2.26. The van der Waals surface area contributed by atoms with Crippen LogP contribution in [-0.2, 0) is 12.8 Å². The smallest absolute Gasteiger partial charge is 0.265 e. The lowest BCUT2D eigenvalue weighted by Crippen LogP contribution is -2.28. The lowest BCUT2D eigenvalue weighted by atomic mass is 10.1. The van der Waals surface area contributed by atoms with Gasteiger partial charge in [-0.3, -0.25) is 18.7 Å². The third-order valence-corrected chi connectivity index (χ3v) is 6.98. The zero-order valence-electron chi connectivity index (χ0n) is 21.8. The van der Waals surface area contributed by atoms with E-state index >= 15 is 0 Å². The Kier molecular flexibility index (Phi) is 7.05. The van der Waals surface area contributed by atoms with Crippen LogP contribution in [0.2, 0.25) is 0 Å². The van der Waals surface area contributed by atoms with E-state index < -0.39 is 0 Å². The summed E-state index contributed by atoms with van der Waals surface area (Å²) in [5.41, 5.74) is 2.64. The second kappa shape index (κ2) is 10.6. The van der Waals surface area contributed by atoms with E-state index in [9.17, 15) is 14.7 Å². The Morgan fingerprint density at radius 2 is 1.66 bits per heavy atom. The summed E-state index contributed by atoms with van der Waals surface area (Å²) in [7, 11) is 3.09. The topological polar surface area (TPSA) is 95.6 Å². The zero-order chi connectivity index (χ0) is 26.8. The second-order valence-electron chi connectivity index (χ2n) is 9.72. The number of aryl methyl sites for hydroxylation is 2. The van der Waals surface area contributed by atoms with Crippen molar-refractivity contribution < 1.29 is 14.6 Å². The number of para-hydroxylation sites is 1. The first-order valence-electron chi connectivity index (χ1n) is 12.7. The van der Waals surface area contributed by atoms with Gasteiger partial charge in [-0.2, -0.15) is 4.98 Å². The number of methoxy groups -OCH3 is 2. The van der Waals surface area contributed by atoms with Crippen LogP contribution in [0.3, 0.4) is 0 Å². The van der Waals surface area contributed by atoms with Crippen molar-refractivity contribution in [3.8, 4) is 28.8 Å². The van der Waals surface area contributed by atoms with Gasteiger partial charge < -0.3 is 14.6 Å². The normalized spacial score (nSPS) is 12.9. The molecule has 196 valence electrons. The first-order valence-corrected chi connectivity index (χ1v) is 12.7. The van der Waals surface area contributed by atoms with Crippen LogP contribution >= 0.6 is 0 Å². The predicted octanol–water partition coefficient (Wildman–Crippen LogP) is 4.35. The number of pyridine rings is 1. The van der Waals surface area contributed by atoms with Gasteiger partial charge in [-0.15, -0.1) is 0 Å². The molecule has 1 aliphatic rings. The molecule has 2 aromatic heterocycles. The minimum atomic E-state index is -0.370. The summed E-state index contributed by atoms with van der Waals surface area (Å²) in [5, 5.41) is 10.9. The van der Waals surface area contributed by atoms with Gasteiger partial charge >= 0.3 is 0 Å². The Hall–Kier alpha value is -4.33. The molecule has 8 heteroatoms. The van der Waals surface area contributed by atoms with Crippen LogP contribution in [0.15, 0.2) is 70.4 Å². The van der Waals surface area contributed by atoms with Crippen molar-refractivity contribution in [2.75, 3.05) is 14.2 Å². The molecule has 2 aromatic carbocycles. The van der Waals surface area contributed by atoms with Gasteiger partial charge in [0.2, 0.25) is 5.88 Å². The fraction of sp³-hybridized carbons (Fsp3) is 0.300. The Morgan fingerprint density at radius 3 is 2.29 bits per heavy atom. The highest BCUT2D eigenvalue weighted by Crippen LogP contribution is 2.36. The number of ether oxygens (including phenoxy) is 2. The van der Waals surface area contributed by atoms with Gasteiger partial charge in [0.1, 0.15) is 23.0 Å². The first kappa shape index (κ1) is 25.3. The van der Waals surface area contributed by atoms with Gasteiger partial charge in [0.05, 0.1) is 19.8 Å². The van der Waals surface area contributed by atoms with E-state index in [1.165, 1.54) is 23.5 Å². The largest absolute Gasteiger partial charge is 0.494 e. The average Bonchev–Trinajstić information content (AvgIpc) is 3.76. The fourth-order valence-electron chi connectivity index (χ4n) is 4.71. The van der Waals surface area contributed by atoms with E-state index in [1.54, 1.807) is 49.2 Å². The molecule has 5 rings (SSSR count). The van der Waals surface area contributed by atoms with Gasteiger partial charge in [0, 0.05) is 30.8 Å². The molecule has 0 bridgehead atoms. The molecule has 0 aliphatic heterocycles. The number of benzene rings is 2. The fourth-order valence-corrected chi connectivity index (χ4v) is 4.71. The molecule has 0 saturated heterocycles. The maximum Gasteiger partial charge on any atom is 0.265 e. The minimum absolute atomic E-state index is 0.124. The molecule has 0 radical (unpaired) electrons. The summed E-state index contributed by atoms with van der Waals surface area (Å²) < 4.78 is 14.3. The SMILES string of the molecule is COc1cccc(OC)c1-n1c(CCC2CC2)nc(O)c(Cc2ccc(-n3cc(C)ccc3=O)cc2)c1=O. The van der Waals surface area contributed by atoms with Gasteiger partial charge in [0.25, 0.3) is 11.1 Å². The molecule has 1 fully saturated rings. The third kappa shape index (κ3) is 5.07. The van der Waals surface area contributed by atoms with E-state index in [4.69, 9.17) is 9.47 Å². The van der Waals surface area contributed by atoms with Crippen LogP contribution in [0.4, 0.5) is 0 Å². The van der Waals surface area contributed by atoms with E-state index in [0.717, 1.165) is 23.2 Å². The maximum atomic E-state index is 14.0. The lowest BCUT2D eigenvalue weighted by Gasteiger charge is -2.19. The Morgan fingerprint density at radius 1 is 0.974 bits per heavy atom. The Balaban J connectivity index is 1.57. The van der Waals surface area contributed by atoms with E-state index in [-0.39, 0.29) is 29.0 Å². The molecule has 0 atom stereocenters. The van der Waals surface area contributed by atoms with Gasteiger partial charge in [0.15, 0.2) is 0 Å². The van der Waals surface area contributed by atoms with Crippen molar-refractivity contribution in [3.05, 3.63) is 104 Å². The summed E-state index contributed by atoms with van der Waals surface area (Å²) in [5.74, 6) is 1.78. The highest BCUT2D eigenvalue weighted by atomic mass is 16.5. The van der Waals surface area contributed by atoms with E-state index in [2.05, 4.69) is 4.98 Å². The second-order valence-corrected chi connectivity index (χ2v) is 9.72. The number of aromatic hydroxyl groups is 1. The van der Waals surface area contributed by atoms with Crippen molar-refractivity contribution in [1.29, 1.82) is 0 Å². The van der Waals surface area contributed by atoms with Crippen molar-refractivity contribution in [2.24, 2.45) is 5.92 Å². The molecule has 1 aliphatic carbocycles. The summed E-state index contributed by atoms with van der Waals surface area (Å²) in [6.07, 6.45) is 5.75. The minimum Gasteiger partial charge on any atom is -0.494 e. The molecular formula is C30H31N3O5. The molecule has 4 aromatic rings. The van der Waals surface area contributed by atoms with Gasteiger partial charge in [-0.05, 0) is 54.7 Å². The number of hydrogen-bond donors (Lipinski definition) is 1. The number of aromatic nitrogens is 3. The Labute approximate surface area is 220 Å². The maximum absolute atomic E-state index is 14.0. The van der Waals surface area contributed by atoms with Crippen LogP contribution in [0, 0.1) is 12.8 Å². The molecule has 1 N–H and O–H groups in total. The molecule has 38 heavy (non-hydrogen) atoms. The highest BCUT2D eigenvalue weighted by molar-refractivity contribution is 5.58. The average molecular weight is 514 g/mol. The molecule has 0 unspecified atom stereocenters. The number of nitrogens with zero attached hydrogens (tertiary/aromatic N) is 3. The molecule has 0 spiro atoms. The number of rotatable bonds is 9. The molecular weight excluding hydrogens is 482 g/mol. The summed E-state index contributed by atoms with van der Waals surface area (Å²) in [6.45, 7) is 1.93. The van der Waals surface area contributed by atoms with Crippen molar-refractivity contribution in [2.45, 2.75) is 39.0 Å². The number of hydrogen-bond acceptors (Lipinski definition) is 6. The van der Waals surface area contributed by atoms with Crippen molar-refractivity contribution in [3.63, 3.8) is 0 Å². The van der Waals surface area contributed by atoms with Crippen LogP contribution in [0.5, 0.6) is 17.4 Å². The lowest BCUT2D eigenvalue weighted by molar-refractivity contribution is 0.387. The monoisotopic (exact) mass is 513 g/mol. The summed E-state index contributed by atoms with van der Waals surface area (Å²) in [6, 6.07) is 16.0. The summed E-state index contributed by atoms with van der Waals surface area (Å²) in [4.78, 5) is 30.8. The Bertz CT molecular complexity index is 1560.